The second-order valence-electron chi connectivity index (χ2n) is 4.26. The number of hydrogen-bond donors (Lipinski definition) is 2. The Morgan fingerprint density at radius 3 is 2.60 bits per heavy atom. The van der Waals surface area contributed by atoms with Crippen LogP contribution in [0.2, 0.25) is 0 Å². The van der Waals surface area contributed by atoms with Crippen molar-refractivity contribution in [3.05, 3.63) is 53.9 Å². The van der Waals surface area contributed by atoms with Crippen LogP contribution >= 0.6 is 11.8 Å². The van der Waals surface area contributed by atoms with E-state index in [1.165, 1.54) is 4.90 Å². The van der Waals surface area contributed by atoms with Crippen molar-refractivity contribution in [1.82, 2.24) is 10.4 Å². The van der Waals surface area contributed by atoms with Gasteiger partial charge >= 0.3 is 0 Å². The molecule has 0 bridgehead atoms. The quantitative estimate of drug-likeness (QED) is 0.486. The van der Waals surface area contributed by atoms with Crippen molar-refractivity contribution in [2.24, 2.45) is 5.84 Å². The SMILES string of the molecule is CCSc1ccc(C(NN)c2cncc(OC)c2)cc1. The maximum atomic E-state index is 5.70. The van der Waals surface area contributed by atoms with Crippen molar-refractivity contribution in [3.63, 3.8) is 0 Å². The lowest BCUT2D eigenvalue weighted by molar-refractivity contribution is 0.411. The highest BCUT2D eigenvalue weighted by Gasteiger charge is 2.13. The number of nitrogens with one attached hydrogen (secondary N) is 1. The molecule has 0 spiro atoms. The Hall–Kier alpha value is -1.56. The Balaban J connectivity index is 2.26. The largest absolute Gasteiger partial charge is 0.495 e. The molecular formula is C15H19N3OS. The molecule has 0 saturated carbocycles. The molecule has 2 aromatic rings. The second kappa shape index (κ2) is 7.28. The van der Waals surface area contributed by atoms with Crippen LogP contribution in [0.1, 0.15) is 24.1 Å². The second-order valence-corrected chi connectivity index (χ2v) is 5.60. The number of ether oxygens (including phenoxy) is 1. The van der Waals surface area contributed by atoms with E-state index in [0.717, 1.165) is 22.6 Å². The van der Waals surface area contributed by atoms with Gasteiger partial charge in [-0.25, -0.2) is 5.43 Å². The van der Waals surface area contributed by atoms with E-state index in [2.05, 4.69) is 41.6 Å². The fourth-order valence-corrected chi connectivity index (χ4v) is 2.68. The molecule has 5 heteroatoms. The molecule has 1 aromatic heterocycles. The first kappa shape index (κ1) is 14.8. The van der Waals surface area contributed by atoms with Crippen LogP contribution < -0.4 is 16.0 Å². The first-order valence-electron chi connectivity index (χ1n) is 6.46. The summed E-state index contributed by atoms with van der Waals surface area (Å²) in [5, 5.41) is 0. The van der Waals surface area contributed by atoms with E-state index in [9.17, 15) is 0 Å². The Labute approximate surface area is 123 Å². The Morgan fingerprint density at radius 2 is 2.00 bits per heavy atom. The van der Waals surface area contributed by atoms with Gasteiger partial charge in [-0.05, 0) is 35.1 Å². The fraction of sp³-hybridized carbons (Fsp3) is 0.267. The standard InChI is InChI=1S/C15H19N3OS/c1-3-20-14-6-4-11(5-7-14)15(18-16)12-8-13(19-2)10-17-9-12/h4-10,15,18H,3,16H2,1-2H3. The Kier molecular flexibility index (Phi) is 5.40. The molecule has 0 aliphatic heterocycles. The molecular weight excluding hydrogens is 270 g/mol. The molecule has 1 aromatic carbocycles. The molecule has 4 nitrogen and oxygen atoms in total. The summed E-state index contributed by atoms with van der Waals surface area (Å²) in [5.41, 5.74) is 4.91. The highest BCUT2D eigenvalue weighted by Crippen LogP contribution is 2.26. The van der Waals surface area contributed by atoms with Gasteiger partial charge in [0, 0.05) is 11.1 Å². The predicted octanol–water partition coefficient (Wildman–Crippen LogP) is 2.75. The van der Waals surface area contributed by atoms with Gasteiger partial charge in [-0.2, -0.15) is 0 Å². The van der Waals surface area contributed by atoms with Crippen LogP contribution in [0.15, 0.2) is 47.6 Å². The molecule has 1 atom stereocenters. The molecule has 0 saturated heterocycles. The van der Waals surface area contributed by atoms with Crippen molar-refractivity contribution in [1.29, 1.82) is 0 Å². The maximum Gasteiger partial charge on any atom is 0.137 e. The Bertz CT molecular complexity index is 545. The molecule has 2 rings (SSSR count). The number of aromatic nitrogens is 1. The summed E-state index contributed by atoms with van der Waals surface area (Å²) >= 11 is 1.82. The normalized spacial score (nSPS) is 12.2. The number of thioether (sulfide) groups is 1. The van der Waals surface area contributed by atoms with Crippen LogP contribution in [0.5, 0.6) is 5.75 Å². The minimum Gasteiger partial charge on any atom is -0.495 e. The van der Waals surface area contributed by atoms with Gasteiger partial charge in [0.05, 0.1) is 19.3 Å². The van der Waals surface area contributed by atoms with E-state index in [4.69, 9.17) is 10.6 Å². The highest BCUT2D eigenvalue weighted by molar-refractivity contribution is 7.99. The fourth-order valence-electron chi connectivity index (χ4n) is 2.01. The van der Waals surface area contributed by atoms with Crippen LogP contribution in [0.3, 0.4) is 0 Å². The van der Waals surface area contributed by atoms with Crippen LogP contribution in [-0.4, -0.2) is 17.8 Å². The summed E-state index contributed by atoms with van der Waals surface area (Å²) in [4.78, 5) is 5.43. The topological polar surface area (TPSA) is 60.2 Å². The van der Waals surface area contributed by atoms with Gasteiger partial charge < -0.3 is 4.74 Å². The minimum absolute atomic E-state index is 0.0988. The maximum absolute atomic E-state index is 5.70. The number of nitrogens with two attached hydrogens (primary N) is 1. The van der Waals surface area contributed by atoms with Gasteiger partial charge in [0.1, 0.15) is 5.75 Å². The number of methoxy groups -OCH3 is 1. The summed E-state index contributed by atoms with van der Waals surface area (Å²) in [6, 6.07) is 10.2. The van der Waals surface area contributed by atoms with E-state index in [1.54, 1.807) is 19.5 Å². The van der Waals surface area contributed by atoms with Gasteiger partial charge in [-0.1, -0.05) is 19.1 Å². The zero-order chi connectivity index (χ0) is 14.4. The third kappa shape index (κ3) is 3.50. The number of nitrogens with zero attached hydrogens (tertiary/aromatic N) is 1. The molecule has 1 unspecified atom stereocenters. The lowest BCUT2D eigenvalue weighted by Gasteiger charge is -2.17. The van der Waals surface area contributed by atoms with Gasteiger partial charge in [-0.15, -0.1) is 11.8 Å². The third-order valence-corrected chi connectivity index (χ3v) is 3.89. The molecule has 3 N–H and O–H groups in total. The third-order valence-electron chi connectivity index (χ3n) is 2.99. The summed E-state index contributed by atoms with van der Waals surface area (Å²) in [7, 11) is 1.63. The zero-order valence-corrected chi connectivity index (χ0v) is 12.5. The molecule has 0 radical (unpaired) electrons. The van der Waals surface area contributed by atoms with E-state index >= 15 is 0 Å². The van der Waals surface area contributed by atoms with E-state index < -0.39 is 0 Å². The lowest BCUT2D eigenvalue weighted by atomic mass is 10.0. The summed E-state index contributed by atoms with van der Waals surface area (Å²) < 4.78 is 5.20. The molecule has 106 valence electrons. The molecule has 0 amide bonds. The number of hydrazine groups is 1. The van der Waals surface area contributed by atoms with Gasteiger partial charge in [0.2, 0.25) is 0 Å². The lowest BCUT2D eigenvalue weighted by Crippen LogP contribution is -2.28. The Morgan fingerprint density at radius 1 is 1.25 bits per heavy atom. The minimum atomic E-state index is -0.0988. The molecule has 0 fully saturated rings. The van der Waals surface area contributed by atoms with Gasteiger partial charge in [0.15, 0.2) is 0 Å². The van der Waals surface area contributed by atoms with Gasteiger partial charge in [0.25, 0.3) is 0 Å². The van der Waals surface area contributed by atoms with Gasteiger partial charge in [-0.3, -0.25) is 10.8 Å². The van der Waals surface area contributed by atoms with Crippen LogP contribution in [-0.2, 0) is 0 Å². The highest BCUT2D eigenvalue weighted by atomic mass is 32.2. The van der Waals surface area contributed by atoms with Crippen LogP contribution in [0.25, 0.3) is 0 Å². The average Bonchev–Trinajstić information content (AvgIpc) is 2.50. The smallest absolute Gasteiger partial charge is 0.137 e. The first-order chi connectivity index (χ1) is 9.78. The summed E-state index contributed by atoms with van der Waals surface area (Å²) in [6.07, 6.45) is 3.47. The van der Waals surface area contributed by atoms with Crippen molar-refractivity contribution >= 4 is 11.8 Å². The molecule has 1 heterocycles. The van der Waals surface area contributed by atoms with Crippen molar-refractivity contribution in [2.45, 2.75) is 17.9 Å². The van der Waals surface area contributed by atoms with Crippen molar-refractivity contribution < 1.29 is 4.74 Å². The van der Waals surface area contributed by atoms with E-state index in [1.807, 2.05) is 17.8 Å². The number of benzene rings is 1. The number of rotatable bonds is 6. The molecule has 20 heavy (non-hydrogen) atoms. The summed E-state index contributed by atoms with van der Waals surface area (Å²) in [6.45, 7) is 2.14. The van der Waals surface area contributed by atoms with Crippen molar-refractivity contribution in [2.75, 3.05) is 12.9 Å². The number of hydrogen-bond acceptors (Lipinski definition) is 5. The average molecular weight is 289 g/mol. The van der Waals surface area contributed by atoms with Crippen LogP contribution in [0, 0.1) is 0 Å². The zero-order valence-electron chi connectivity index (χ0n) is 11.7. The first-order valence-corrected chi connectivity index (χ1v) is 7.45. The monoisotopic (exact) mass is 289 g/mol. The molecule has 0 aliphatic carbocycles. The summed E-state index contributed by atoms with van der Waals surface area (Å²) in [5.74, 6) is 7.49. The number of pyridine rings is 1. The van der Waals surface area contributed by atoms with Crippen molar-refractivity contribution in [3.8, 4) is 5.75 Å². The van der Waals surface area contributed by atoms with E-state index in [0.29, 0.717) is 0 Å². The van der Waals surface area contributed by atoms with E-state index in [-0.39, 0.29) is 6.04 Å². The molecule has 0 aliphatic rings. The predicted molar refractivity (Wildman–Crippen MR) is 82.8 cm³/mol. The van der Waals surface area contributed by atoms with Crippen LogP contribution in [0.4, 0.5) is 0 Å².